The van der Waals surface area contributed by atoms with Gasteiger partial charge in [-0.05, 0) is 54.4 Å². The lowest BCUT2D eigenvalue weighted by molar-refractivity contribution is -0.137. The summed E-state index contributed by atoms with van der Waals surface area (Å²) < 4.78 is 67.1. The molecule has 0 heterocycles. The SMILES string of the molecule is CCc1ccc(NC(=O)CN(c2cc(C(F)(F)F)ccc2Cl)S(=O)(=O)c2ccccc2)cc1. The Kier molecular flexibility index (Phi) is 7.34. The van der Waals surface area contributed by atoms with Gasteiger partial charge < -0.3 is 5.32 Å². The van der Waals surface area contributed by atoms with E-state index in [0.717, 1.165) is 24.1 Å². The zero-order valence-electron chi connectivity index (χ0n) is 17.4. The van der Waals surface area contributed by atoms with Crippen LogP contribution in [0, 0.1) is 0 Å². The number of alkyl halides is 3. The molecule has 0 saturated heterocycles. The first-order valence-corrected chi connectivity index (χ1v) is 11.7. The summed E-state index contributed by atoms with van der Waals surface area (Å²) in [6.07, 6.45) is -3.93. The summed E-state index contributed by atoms with van der Waals surface area (Å²) in [6.45, 7) is 1.19. The second-order valence-corrected chi connectivity index (χ2v) is 9.36. The van der Waals surface area contributed by atoms with Gasteiger partial charge >= 0.3 is 6.18 Å². The number of anilines is 2. The number of nitrogens with one attached hydrogen (secondary N) is 1. The Morgan fingerprint density at radius 3 is 2.21 bits per heavy atom. The number of benzene rings is 3. The Morgan fingerprint density at radius 1 is 1.00 bits per heavy atom. The van der Waals surface area contributed by atoms with Crippen molar-refractivity contribution in [2.75, 3.05) is 16.2 Å². The highest BCUT2D eigenvalue weighted by Crippen LogP contribution is 2.37. The normalized spacial score (nSPS) is 11.8. The predicted octanol–water partition coefficient (Wildman–Crippen LogP) is 5.76. The van der Waals surface area contributed by atoms with Crippen molar-refractivity contribution in [2.45, 2.75) is 24.4 Å². The number of aryl methyl sites for hydroxylation is 1. The van der Waals surface area contributed by atoms with Gasteiger partial charge in [-0.25, -0.2) is 8.42 Å². The van der Waals surface area contributed by atoms with Crippen LogP contribution in [0.4, 0.5) is 24.5 Å². The molecular weight excluding hydrogens is 477 g/mol. The molecule has 174 valence electrons. The third kappa shape index (κ3) is 5.85. The maximum atomic E-state index is 13.3. The molecule has 3 rings (SSSR count). The molecule has 0 aliphatic heterocycles. The fourth-order valence-corrected chi connectivity index (χ4v) is 4.78. The first kappa shape index (κ1) is 24.6. The van der Waals surface area contributed by atoms with E-state index in [1.807, 2.05) is 6.92 Å². The predicted molar refractivity (Wildman–Crippen MR) is 122 cm³/mol. The van der Waals surface area contributed by atoms with Gasteiger partial charge in [0.25, 0.3) is 10.0 Å². The van der Waals surface area contributed by atoms with Gasteiger partial charge in [0.05, 0.1) is 21.2 Å². The first-order chi connectivity index (χ1) is 15.5. The van der Waals surface area contributed by atoms with E-state index >= 15 is 0 Å². The van der Waals surface area contributed by atoms with Gasteiger partial charge in [0.2, 0.25) is 5.91 Å². The Morgan fingerprint density at radius 2 is 1.64 bits per heavy atom. The molecule has 5 nitrogen and oxygen atoms in total. The Bertz CT molecular complexity index is 1230. The lowest BCUT2D eigenvalue weighted by atomic mass is 10.1. The monoisotopic (exact) mass is 496 g/mol. The third-order valence-corrected chi connectivity index (χ3v) is 6.90. The zero-order chi connectivity index (χ0) is 24.2. The average Bonchev–Trinajstić information content (AvgIpc) is 2.78. The number of halogens is 4. The van der Waals surface area contributed by atoms with Gasteiger partial charge in [0.1, 0.15) is 6.54 Å². The number of hydrogen-bond donors (Lipinski definition) is 1. The minimum Gasteiger partial charge on any atom is -0.325 e. The molecule has 0 spiro atoms. The van der Waals surface area contributed by atoms with Crippen LogP contribution in [-0.2, 0) is 27.4 Å². The molecule has 0 aromatic heterocycles. The Labute approximate surface area is 194 Å². The summed E-state index contributed by atoms with van der Waals surface area (Å²) in [6, 6.07) is 16.3. The minimum atomic E-state index is -4.73. The molecule has 1 amide bonds. The van der Waals surface area contributed by atoms with Crippen molar-refractivity contribution < 1.29 is 26.4 Å². The molecule has 0 unspecified atom stereocenters. The lowest BCUT2D eigenvalue weighted by Crippen LogP contribution is -2.38. The van der Waals surface area contributed by atoms with Crippen molar-refractivity contribution in [1.29, 1.82) is 0 Å². The van der Waals surface area contributed by atoms with Crippen molar-refractivity contribution in [2.24, 2.45) is 0 Å². The molecule has 10 heteroatoms. The summed E-state index contributed by atoms with van der Waals surface area (Å²) in [4.78, 5) is 12.5. The van der Waals surface area contributed by atoms with E-state index in [1.165, 1.54) is 24.3 Å². The van der Waals surface area contributed by atoms with Crippen LogP contribution in [0.15, 0.2) is 77.7 Å². The molecule has 0 radical (unpaired) electrons. The molecular formula is C23H20ClF3N2O3S. The van der Waals surface area contributed by atoms with E-state index in [-0.39, 0.29) is 9.92 Å². The van der Waals surface area contributed by atoms with Gasteiger partial charge in [-0.15, -0.1) is 0 Å². The highest BCUT2D eigenvalue weighted by Gasteiger charge is 2.34. The summed E-state index contributed by atoms with van der Waals surface area (Å²) in [5, 5.41) is 2.32. The Balaban J connectivity index is 2.02. The average molecular weight is 497 g/mol. The fourth-order valence-electron chi connectivity index (χ4n) is 3.05. The van der Waals surface area contributed by atoms with E-state index in [9.17, 15) is 26.4 Å². The van der Waals surface area contributed by atoms with Gasteiger partial charge in [0, 0.05) is 5.69 Å². The van der Waals surface area contributed by atoms with Gasteiger partial charge in [-0.2, -0.15) is 13.2 Å². The standard InChI is InChI=1S/C23H20ClF3N2O3S/c1-2-16-8-11-18(12-9-16)28-22(30)15-29(33(31,32)19-6-4-3-5-7-19)21-14-17(23(25,26)27)10-13-20(21)24/h3-14H,2,15H2,1H3,(H,28,30). The summed E-state index contributed by atoms with van der Waals surface area (Å²) in [5.74, 6) is -0.743. The number of amides is 1. The maximum absolute atomic E-state index is 13.3. The van der Waals surface area contributed by atoms with Crippen molar-refractivity contribution >= 4 is 38.9 Å². The van der Waals surface area contributed by atoms with E-state index in [1.54, 1.807) is 30.3 Å². The molecule has 0 aliphatic carbocycles. The lowest BCUT2D eigenvalue weighted by Gasteiger charge is -2.26. The van der Waals surface area contributed by atoms with E-state index in [4.69, 9.17) is 11.6 Å². The number of carbonyl (C=O) groups is 1. The van der Waals surface area contributed by atoms with E-state index in [2.05, 4.69) is 5.32 Å². The Hall–Kier alpha value is -3.04. The van der Waals surface area contributed by atoms with Crippen LogP contribution in [0.1, 0.15) is 18.1 Å². The summed E-state index contributed by atoms with van der Waals surface area (Å²) in [5.41, 5.74) is -0.0843. The van der Waals surface area contributed by atoms with Crippen molar-refractivity contribution in [3.63, 3.8) is 0 Å². The van der Waals surface area contributed by atoms with Crippen LogP contribution in [0.2, 0.25) is 5.02 Å². The first-order valence-electron chi connectivity index (χ1n) is 9.85. The summed E-state index contributed by atoms with van der Waals surface area (Å²) in [7, 11) is -4.42. The molecule has 33 heavy (non-hydrogen) atoms. The van der Waals surface area contributed by atoms with E-state index < -0.39 is 39.9 Å². The van der Waals surface area contributed by atoms with Crippen molar-refractivity contribution in [3.8, 4) is 0 Å². The third-order valence-electron chi connectivity index (χ3n) is 4.81. The molecule has 0 atom stereocenters. The van der Waals surface area contributed by atoms with Gasteiger partial charge in [-0.1, -0.05) is 48.9 Å². The number of carbonyl (C=O) groups excluding carboxylic acids is 1. The smallest absolute Gasteiger partial charge is 0.325 e. The highest BCUT2D eigenvalue weighted by molar-refractivity contribution is 7.92. The molecule has 0 aliphatic rings. The zero-order valence-corrected chi connectivity index (χ0v) is 19.0. The molecule has 0 saturated carbocycles. The highest BCUT2D eigenvalue weighted by atomic mass is 35.5. The maximum Gasteiger partial charge on any atom is 0.416 e. The van der Waals surface area contributed by atoms with Crippen LogP contribution in [0.25, 0.3) is 0 Å². The van der Waals surface area contributed by atoms with Crippen LogP contribution in [0.5, 0.6) is 0 Å². The molecule has 1 N–H and O–H groups in total. The number of sulfonamides is 1. The van der Waals surface area contributed by atoms with Gasteiger partial charge in [-0.3, -0.25) is 9.10 Å². The number of rotatable bonds is 7. The summed E-state index contributed by atoms with van der Waals surface area (Å²) >= 11 is 6.11. The molecule has 3 aromatic carbocycles. The second kappa shape index (κ2) is 9.84. The largest absolute Gasteiger partial charge is 0.416 e. The van der Waals surface area contributed by atoms with Crippen LogP contribution in [-0.4, -0.2) is 20.9 Å². The molecule has 0 fully saturated rings. The number of hydrogen-bond acceptors (Lipinski definition) is 3. The van der Waals surface area contributed by atoms with E-state index in [0.29, 0.717) is 16.1 Å². The van der Waals surface area contributed by atoms with Crippen LogP contribution >= 0.6 is 11.6 Å². The van der Waals surface area contributed by atoms with Crippen molar-refractivity contribution in [1.82, 2.24) is 0 Å². The number of nitrogens with zero attached hydrogens (tertiary/aromatic N) is 1. The molecule has 3 aromatic rings. The quantitative estimate of drug-likeness (QED) is 0.452. The van der Waals surface area contributed by atoms with Crippen LogP contribution in [0.3, 0.4) is 0 Å². The van der Waals surface area contributed by atoms with Crippen LogP contribution < -0.4 is 9.62 Å². The molecule has 0 bridgehead atoms. The fraction of sp³-hybridized carbons (Fsp3) is 0.174. The second-order valence-electron chi connectivity index (χ2n) is 7.09. The minimum absolute atomic E-state index is 0.196. The van der Waals surface area contributed by atoms with Gasteiger partial charge in [0.15, 0.2) is 0 Å². The topological polar surface area (TPSA) is 66.5 Å². The van der Waals surface area contributed by atoms with Crippen molar-refractivity contribution in [3.05, 3.63) is 88.9 Å².